The Morgan fingerprint density at radius 1 is 1.10 bits per heavy atom. The minimum atomic E-state index is -3.63. The maximum absolute atomic E-state index is 13.2. The Hall–Kier alpha value is -3.11. The third-order valence-electron chi connectivity index (χ3n) is 5.24. The number of urea groups is 1. The molecule has 2 aromatic rings. The highest BCUT2D eigenvalue weighted by Crippen LogP contribution is 2.38. The first-order valence-corrected chi connectivity index (χ1v) is 10.6. The lowest BCUT2D eigenvalue weighted by Crippen LogP contribution is -2.40. The van der Waals surface area contributed by atoms with Gasteiger partial charge in [-0.1, -0.05) is 18.2 Å². The van der Waals surface area contributed by atoms with Crippen molar-refractivity contribution in [3.63, 3.8) is 0 Å². The van der Waals surface area contributed by atoms with Crippen molar-refractivity contribution >= 4 is 22.0 Å². The van der Waals surface area contributed by atoms with Crippen molar-refractivity contribution in [1.82, 2.24) is 14.5 Å². The van der Waals surface area contributed by atoms with Crippen LogP contribution in [0.5, 0.6) is 11.5 Å². The summed E-state index contributed by atoms with van der Waals surface area (Å²) in [6.45, 7) is 1.67. The van der Waals surface area contributed by atoms with Gasteiger partial charge in [-0.15, -0.1) is 0 Å². The van der Waals surface area contributed by atoms with E-state index in [0.717, 1.165) is 9.21 Å². The maximum Gasteiger partial charge on any atom is 0.325 e. The molecular weight excluding hydrogens is 410 g/mol. The Balaban J connectivity index is 1.61. The number of imide groups is 1. The van der Waals surface area contributed by atoms with Gasteiger partial charge in [0, 0.05) is 14.1 Å². The molecule has 30 heavy (non-hydrogen) atoms. The number of carbonyl (C=O) groups excluding carboxylic acids is 2. The largest absolute Gasteiger partial charge is 0.454 e. The highest BCUT2D eigenvalue weighted by molar-refractivity contribution is 7.89. The normalized spacial score (nSPS) is 20.7. The molecule has 9 nitrogen and oxygen atoms in total. The fourth-order valence-corrected chi connectivity index (χ4v) is 4.41. The van der Waals surface area contributed by atoms with E-state index in [1.165, 1.54) is 26.2 Å². The molecule has 0 unspecified atom stereocenters. The number of sulfonamides is 1. The number of ether oxygens (including phenoxy) is 2. The summed E-state index contributed by atoms with van der Waals surface area (Å²) in [4.78, 5) is 27.0. The van der Waals surface area contributed by atoms with Crippen LogP contribution in [0.25, 0.3) is 0 Å². The molecule has 0 saturated carbocycles. The van der Waals surface area contributed by atoms with Crippen LogP contribution in [0.3, 0.4) is 0 Å². The van der Waals surface area contributed by atoms with Gasteiger partial charge >= 0.3 is 6.03 Å². The molecule has 0 radical (unpaired) electrons. The van der Waals surface area contributed by atoms with Gasteiger partial charge in [-0.2, -0.15) is 0 Å². The van der Waals surface area contributed by atoms with Crippen LogP contribution < -0.4 is 14.8 Å². The van der Waals surface area contributed by atoms with Gasteiger partial charge in [0.15, 0.2) is 11.5 Å². The van der Waals surface area contributed by atoms with E-state index >= 15 is 0 Å². The van der Waals surface area contributed by atoms with E-state index in [0.29, 0.717) is 22.6 Å². The van der Waals surface area contributed by atoms with Gasteiger partial charge in [-0.3, -0.25) is 9.69 Å². The number of rotatable bonds is 5. The summed E-state index contributed by atoms with van der Waals surface area (Å²) in [5.41, 5.74) is -0.182. The molecule has 0 aromatic heterocycles. The molecule has 10 heteroatoms. The van der Waals surface area contributed by atoms with Gasteiger partial charge in [0.25, 0.3) is 5.91 Å². The number of nitrogens with zero attached hydrogens (tertiary/aromatic N) is 2. The summed E-state index contributed by atoms with van der Waals surface area (Å²) in [6.07, 6.45) is 0. The summed E-state index contributed by atoms with van der Waals surface area (Å²) >= 11 is 0. The van der Waals surface area contributed by atoms with E-state index in [1.54, 1.807) is 37.3 Å². The molecule has 158 valence electrons. The third-order valence-corrected chi connectivity index (χ3v) is 7.05. The quantitative estimate of drug-likeness (QED) is 0.722. The number of benzene rings is 2. The minimum absolute atomic E-state index is 0.0540. The van der Waals surface area contributed by atoms with Crippen LogP contribution in [0.2, 0.25) is 0 Å². The Labute approximate surface area is 174 Å². The van der Waals surface area contributed by atoms with E-state index in [-0.39, 0.29) is 18.2 Å². The molecule has 4 rings (SSSR count). The lowest BCUT2D eigenvalue weighted by molar-refractivity contribution is -0.131. The monoisotopic (exact) mass is 431 g/mol. The third kappa shape index (κ3) is 3.17. The summed E-state index contributed by atoms with van der Waals surface area (Å²) in [7, 11) is -0.747. The van der Waals surface area contributed by atoms with Crippen molar-refractivity contribution in [2.24, 2.45) is 0 Å². The van der Waals surface area contributed by atoms with Crippen LogP contribution in [0, 0.1) is 0 Å². The fraction of sp³-hybridized carbons (Fsp3) is 0.300. The molecule has 0 bridgehead atoms. The van der Waals surface area contributed by atoms with Crippen LogP contribution >= 0.6 is 0 Å². The van der Waals surface area contributed by atoms with Crippen LogP contribution in [0.4, 0.5) is 4.79 Å². The van der Waals surface area contributed by atoms with Crippen molar-refractivity contribution in [2.45, 2.75) is 23.9 Å². The van der Waals surface area contributed by atoms with Gasteiger partial charge in [0.2, 0.25) is 16.8 Å². The average Bonchev–Trinajstić information content (AvgIpc) is 3.26. The predicted molar refractivity (Wildman–Crippen MR) is 106 cm³/mol. The Morgan fingerprint density at radius 3 is 2.57 bits per heavy atom. The molecule has 2 aliphatic heterocycles. The standard InChI is InChI=1S/C20H21N3O6S/c1-20(14-7-8-16-17(10-14)29-12-28-16)18(24)23(19(25)21-20)11-13-5-4-6-15(9-13)30(26,27)22(2)3/h4-10H,11-12H2,1-3H3,(H,21,25)/t20-/m1/s1. The molecule has 2 aliphatic rings. The molecule has 2 heterocycles. The molecule has 1 atom stereocenters. The number of amides is 3. The lowest BCUT2D eigenvalue weighted by Gasteiger charge is -2.22. The highest BCUT2D eigenvalue weighted by atomic mass is 32.2. The zero-order chi connectivity index (χ0) is 21.7. The number of hydrogen-bond acceptors (Lipinski definition) is 6. The first kappa shape index (κ1) is 20.2. The predicted octanol–water partition coefficient (Wildman–Crippen LogP) is 1.63. The number of carbonyl (C=O) groups is 2. The SMILES string of the molecule is CN(C)S(=O)(=O)c1cccc(CN2C(=O)N[C@](C)(c3ccc4c(c3)OCO4)C2=O)c1. The second-order valence-electron chi connectivity index (χ2n) is 7.45. The van der Waals surface area contributed by atoms with Crippen LogP contribution in [-0.2, 0) is 26.9 Å². The second kappa shape index (κ2) is 6.99. The van der Waals surface area contributed by atoms with Gasteiger partial charge in [-0.05, 0) is 42.3 Å². The fourth-order valence-electron chi connectivity index (χ4n) is 3.44. The van der Waals surface area contributed by atoms with Gasteiger partial charge in [-0.25, -0.2) is 17.5 Å². The van der Waals surface area contributed by atoms with E-state index in [2.05, 4.69) is 5.32 Å². The van der Waals surface area contributed by atoms with Crippen molar-refractivity contribution in [1.29, 1.82) is 0 Å². The minimum Gasteiger partial charge on any atom is -0.454 e. The van der Waals surface area contributed by atoms with Gasteiger partial charge in [0.05, 0.1) is 11.4 Å². The smallest absolute Gasteiger partial charge is 0.325 e. The van der Waals surface area contributed by atoms with Crippen LogP contribution in [0.15, 0.2) is 47.4 Å². The zero-order valence-corrected chi connectivity index (χ0v) is 17.5. The van der Waals surface area contributed by atoms with E-state index in [9.17, 15) is 18.0 Å². The lowest BCUT2D eigenvalue weighted by atomic mass is 9.91. The Bertz CT molecular complexity index is 1150. The number of hydrogen-bond donors (Lipinski definition) is 1. The molecule has 1 fully saturated rings. The molecule has 3 amide bonds. The van der Waals surface area contributed by atoms with Crippen LogP contribution in [0.1, 0.15) is 18.1 Å². The van der Waals surface area contributed by atoms with Crippen LogP contribution in [-0.4, -0.2) is 50.4 Å². The summed E-state index contributed by atoms with van der Waals surface area (Å²) in [5, 5.41) is 2.74. The van der Waals surface area contributed by atoms with Gasteiger partial charge in [0.1, 0.15) is 5.54 Å². The molecule has 0 spiro atoms. The molecule has 0 aliphatic carbocycles. The van der Waals surface area contributed by atoms with Crippen molar-refractivity contribution in [2.75, 3.05) is 20.9 Å². The number of nitrogens with one attached hydrogen (secondary N) is 1. The molecule has 1 N–H and O–H groups in total. The highest BCUT2D eigenvalue weighted by Gasteiger charge is 2.49. The maximum atomic E-state index is 13.2. The summed E-state index contributed by atoms with van der Waals surface area (Å²) in [5.74, 6) is 0.651. The first-order chi connectivity index (χ1) is 14.1. The average molecular weight is 431 g/mol. The molecule has 1 saturated heterocycles. The van der Waals surface area contributed by atoms with Crippen molar-refractivity contribution in [3.05, 3.63) is 53.6 Å². The van der Waals surface area contributed by atoms with Gasteiger partial charge < -0.3 is 14.8 Å². The van der Waals surface area contributed by atoms with E-state index < -0.39 is 27.5 Å². The Morgan fingerprint density at radius 2 is 1.83 bits per heavy atom. The topological polar surface area (TPSA) is 105 Å². The van der Waals surface area contributed by atoms with Crippen molar-refractivity contribution in [3.8, 4) is 11.5 Å². The zero-order valence-electron chi connectivity index (χ0n) is 16.7. The summed E-state index contributed by atoms with van der Waals surface area (Å²) < 4.78 is 36.5. The second-order valence-corrected chi connectivity index (χ2v) is 9.60. The summed E-state index contributed by atoms with van der Waals surface area (Å²) in [6, 6.07) is 10.7. The first-order valence-electron chi connectivity index (χ1n) is 9.18. The van der Waals surface area contributed by atoms with E-state index in [1.807, 2.05) is 0 Å². The van der Waals surface area contributed by atoms with E-state index in [4.69, 9.17) is 9.47 Å². The van der Waals surface area contributed by atoms with Crippen molar-refractivity contribution < 1.29 is 27.5 Å². The molecular formula is C20H21N3O6S. The number of fused-ring (bicyclic) bond motifs is 1. The molecule has 2 aromatic carbocycles. The Kier molecular flexibility index (Phi) is 4.70.